The molecule has 0 fully saturated rings. The summed E-state index contributed by atoms with van der Waals surface area (Å²) in [5.41, 5.74) is 3.32. The molecule has 1 aliphatic rings. The van der Waals surface area contributed by atoms with Crippen molar-refractivity contribution in [3.05, 3.63) is 59.9 Å². The lowest BCUT2D eigenvalue weighted by Gasteiger charge is -2.10. The second-order valence-corrected chi connectivity index (χ2v) is 6.69. The van der Waals surface area contributed by atoms with Crippen LogP contribution in [-0.4, -0.2) is 38.8 Å². The van der Waals surface area contributed by atoms with E-state index < -0.39 is 0 Å². The van der Waals surface area contributed by atoms with E-state index >= 15 is 0 Å². The standard InChI is InChI=1S/C21H21N5O3/c1-3-28-19-11-16-9-14(2)29-20(16)10-15(19)7-8-21(27)23-17-5-4-6-18(12-17)26-13-22-24-25-26/h4-8,10-14H,3,9H2,1-2H3,(H,23,27). The van der Waals surface area contributed by atoms with Crippen LogP contribution in [0.2, 0.25) is 0 Å². The number of nitrogens with zero attached hydrogens (tertiary/aromatic N) is 4. The summed E-state index contributed by atoms with van der Waals surface area (Å²) in [4.78, 5) is 12.4. The zero-order valence-electron chi connectivity index (χ0n) is 16.2. The van der Waals surface area contributed by atoms with Crippen LogP contribution in [0.1, 0.15) is 25.0 Å². The molecular formula is C21H21N5O3. The lowest BCUT2D eigenvalue weighted by Crippen LogP contribution is -2.08. The molecule has 0 aliphatic carbocycles. The first kappa shape index (κ1) is 18.7. The number of ether oxygens (including phenoxy) is 2. The van der Waals surface area contributed by atoms with E-state index in [9.17, 15) is 4.79 Å². The van der Waals surface area contributed by atoms with Gasteiger partial charge in [-0.15, -0.1) is 5.10 Å². The third-order valence-corrected chi connectivity index (χ3v) is 4.47. The molecule has 1 aliphatic heterocycles. The number of carbonyl (C=O) groups excluding carboxylic acids is 1. The summed E-state index contributed by atoms with van der Waals surface area (Å²) in [6.07, 6.45) is 5.71. The van der Waals surface area contributed by atoms with Crippen LogP contribution >= 0.6 is 0 Å². The van der Waals surface area contributed by atoms with Gasteiger partial charge in [-0.3, -0.25) is 4.79 Å². The first-order valence-corrected chi connectivity index (χ1v) is 9.41. The van der Waals surface area contributed by atoms with Gasteiger partial charge < -0.3 is 14.8 Å². The van der Waals surface area contributed by atoms with Gasteiger partial charge in [0.15, 0.2) is 0 Å². The van der Waals surface area contributed by atoms with E-state index in [0.717, 1.165) is 34.7 Å². The van der Waals surface area contributed by atoms with E-state index in [1.807, 2.05) is 38.1 Å². The molecule has 1 amide bonds. The van der Waals surface area contributed by atoms with Crippen LogP contribution in [0.15, 0.2) is 48.8 Å². The van der Waals surface area contributed by atoms with Gasteiger partial charge in [0.2, 0.25) is 5.91 Å². The fourth-order valence-electron chi connectivity index (χ4n) is 3.22. The number of fused-ring (bicyclic) bond motifs is 1. The normalized spacial score (nSPS) is 15.2. The number of anilines is 1. The summed E-state index contributed by atoms with van der Waals surface area (Å²) in [7, 11) is 0. The molecule has 1 unspecified atom stereocenters. The van der Waals surface area contributed by atoms with Crippen molar-refractivity contribution in [2.24, 2.45) is 0 Å². The number of amides is 1. The fourth-order valence-corrected chi connectivity index (χ4v) is 3.22. The molecule has 3 aromatic rings. The zero-order valence-corrected chi connectivity index (χ0v) is 16.2. The van der Waals surface area contributed by atoms with Crippen molar-refractivity contribution < 1.29 is 14.3 Å². The molecule has 0 saturated carbocycles. The Labute approximate surface area is 168 Å². The highest BCUT2D eigenvalue weighted by Crippen LogP contribution is 2.35. The lowest BCUT2D eigenvalue weighted by molar-refractivity contribution is -0.111. The highest BCUT2D eigenvalue weighted by atomic mass is 16.5. The third kappa shape index (κ3) is 4.26. The van der Waals surface area contributed by atoms with Crippen LogP contribution in [0.3, 0.4) is 0 Å². The number of aromatic nitrogens is 4. The first-order valence-electron chi connectivity index (χ1n) is 9.41. The Kier molecular flexibility index (Phi) is 5.24. The third-order valence-electron chi connectivity index (χ3n) is 4.47. The monoisotopic (exact) mass is 391 g/mol. The molecule has 1 atom stereocenters. The van der Waals surface area contributed by atoms with Crippen LogP contribution in [0.4, 0.5) is 5.69 Å². The highest BCUT2D eigenvalue weighted by molar-refractivity contribution is 6.02. The van der Waals surface area contributed by atoms with E-state index in [4.69, 9.17) is 9.47 Å². The summed E-state index contributed by atoms with van der Waals surface area (Å²) in [6, 6.07) is 11.2. The average Bonchev–Trinajstić information content (AvgIpc) is 3.35. The van der Waals surface area contributed by atoms with Gasteiger partial charge in [-0.25, -0.2) is 4.68 Å². The van der Waals surface area contributed by atoms with Crippen molar-refractivity contribution in [2.75, 3.05) is 11.9 Å². The van der Waals surface area contributed by atoms with E-state index in [0.29, 0.717) is 12.3 Å². The first-order chi connectivity index (χ1) is 14.1. The minimum absolute atomic E-state index is 0.148. The van der Waals surface area contributed by atoms with Gasteiger partial charge in [-0.2, -0.15) is 0 Å². The van der Waals surface area contributed by atoms with Gasteiger partial charge in [0.1, 0.15) is 23.9 Å². The van der Waals surface area contributed by atoms with Crippen molar-refractivity contribution >= 4 is 17.7 Å². The maximum absolute atomic E-state index is 12.4. The highest BCUT2D eigenvalue weighted by Gasteiger charge is 2.21. The fraction of sp³-hybridized carbons (Fsp3) is 0.238. The smallest absolute Gasteiger partial charge is 0.248 e. The molecule has 0 bridgehead atoms. The molecule has 8 heteroatoms. The molecule has 0 spiro atoms. The van der Waals surface area contributed by atoms with Crippen LogP contribution < -0.4 is 14.8 Å². The summed E-state index contributed by atoms with van der Waals surface area (Å²) in [5.74, 6) is 1.33. The summed E-state index contributed by atoms with van der Waals surface area (Å²) in [5, 5.41) is 13.9. The second kappa shape index (κ2) is 8.14. The van der Waals surface area contributed by atoms with E-state index in [1.165, 1.54) is 17.1 Å². The minimum atomic E-state index is -0.254. The quantitative estimate of drug-likeness (QED) is 0.650. The second-order valence-electron chi connectivity index (χ2n) is 6.69. The van der Waals surface area contributed by atoms with Gasteiger partial charge in [-0.1, -0.05) is 6.07 Å². The van der Waals surface area contributed by atoms with Crippen molar-refractivity contribution in [3.63, 3.8) is 0 Å². The SMILES string of the molecule is CCOc1cc2c(cc1C=CC(=O)Nc1cccc(-n3cnnn3)c1)OC(C)C2. The van der Waals surface area contributed by atoms with Gasteiger partial charge in [0.25, 0.3) is 0 Å². The van der Waals surface area contributed by atoms with Crippen LogP contribution in [0, 0.1) is 0 Å². The van der Waals surface area contributed by atoms with Crippen LogP contribution in [0.5, 0.6) is 11.5 Å². The molecule has 0 radical (unpaired) electrons. The van der Waals surface area contributed by atoms with Gasteiger partial charge in [-0.05, 0) is 60.7 Å². The maximum Gasteiger partial charge on any atom is 0.248 e. The van der Waals surface area contributed by atoms with Gasteiger partial charge in [0.05, 0.1) is 12.3 Å². The number of benzene rings is 2. The zero-order chi connectivity index (χ0) is 20.2. The summed E-state index contributed by atoms with van der Waals surface area (Å²) in [6.45, 7) is 4.52. The van der Waals surface area contributed by atoms with Crippen molar-refractivity contribution in [2.45, 2.75) is 26.4 Å². The molecule has 1 N–H and O–H groups in total. The number of tetrazole rings is 1. The van der Waals surface area contributed by atoms with Crippen molar-refractivity contribution in [1.29, 1.82) is 0 Å². The largest absolute Gasteiger partial charge is 0.493 e. The number of hydrogen-bond acceptors (Lipinski definition) is 6. The molecule has 2 heterocycles. The van der Waals surface area contributed by atoms with Gasteiger partial charge >= 0.3 is 0 Å². The Bertz CT molecular complexity index is 1050. The van der Waals surface area contributed by atoms with Crippen molar-refractivity contribution in [3.8, 4) is 17.2 Å². The summed E-state index contributed by atoms with van der Waals surface area (Å²) < 4.78 is 13.1. The summed E-state index contributed by atoms with van der Waals surface area (Å²) >= 11 is 0. The molecule has 2 aromatic carbocycles. The number of carbonyl (C=O) groups is 1. The Morgan fingerprint density at radius 1 is 1.38 bits per heavy atom. The Balaban J connectivity index is 1.50. The Morgan fingerprint density at radius 2 is 2.28 bits per heavy atom. The maximum atomic E-state index is 12.4. The molecule has 4 rings (SSSR count). The number of hydrogen-bond donors (Lipinski definition) is 1. The Hall–Kier alpha value is -3.68. The molecule has 148 valence electrons. The van der Waals surface area contributed by atoms with Crippen LogP contribution in [-0.2, 0) is 11.2 Å². The average molecular weight is 391 g/mol. The lowest BCUT2D eigenvalue weighted by atomic mass is 10.1. The molecule has 8 nitrogen and oxygen atoms in total. The van der Waals surface area contributed by atoms with E-state index in [2.05, 4.69) is 20.8 Å². The molecular weight excluding hydrogens is 370 g/mol. The van der Waals surface area contributed by atoms with E-state index in [1.54, 1.807) is 18.2 Å². The van der Waals surface area contributed by atoms with Gasteiger partial charge in [0, 0.05) is 29.3 Å². The number of rotatable bonds is 6. The topological polar surface area (TPSA) is 91.2 Å². The molecule has 0 saturated heterocycles. The molecule has 1 aromatic heterocycles. The van der Waals surface area contributed by atoms with Crippen LogP contribution in [0.25, 0.3) is 11.8 Å². The predicted molar refractivity (Wildman–Crippen MR) is 108 cm³/mol. The number of nitrogens with one attached hydrogen (secondary N) is 1. The molecule has 29 heavy (non-hydrogen) atoms. The minimum Gasteiger partial charge on any atom is -0.493 e. The Morgan fingerprint density at radius 3 is 3.07 bits per heavy atom. The van der Waals surface area contributed by atoms with E-state index in [-0.39, 0.29) is 12.0 Å². The predicted octanol–water partition coefficient (Wildman–Crippen LogP) is 3.04. The van der Waals surface area contributed by atoms with Crippen molar-refractivity contribution in [1.82, 2.24) is 20.2 Å².